The molecule has 0 aliphatic heterocycles. The molecule has 0 saturated heterocycles. The molecule has 0 saturated carbocycles. The van der Waals surface area contributed by atoms with E-state index in [2.05, 4.69) is 72.7 Å². The summed E-state index contributed by atoms with van der Waals surface area (Å²) < 4.78 is 10.7. The van der Waals surface area contributed by atoms with E-state index in [9.17, 15) is 0 Å². The normalized spacial score (nSPS) is 12.8. The SMILES string of the molecule is C=C(/C=C(/OCCO)C(=C)C(=C)/C=C(/CC)C(=C)C(C)/C=C\C(C)CC)OC.C=C(C)C.C=O. The molecule has 0 radical (unpaired) electrons. The van der Waals surface area contributed by atoms with Gasteiger partial charge in [0.05, 0.1) is 13.7 Å². The van der Waals surface area contributed by atoms with Gasteiger partial charge >= 0.3 is 0 Å². The summed E-state index contributed by atoms with van der Waals surface area (Å²) in [6.45, 7) is 34.5. The second-order valence-corrected chi connectivity index (χ2v) is 8.07. The third-order valence-electron chi connectivity index (χ3n) is 4.65. The zero-order chi connectivity index (χ0) is 27.3. The fraction of sp³-hybridized carbons (Fsp3) is 0.433. The number of carbonyl (C=O) groups is 1. The Morgan fingerprint density at radius 3 is 1.91 bits per heavy atom. The Morgan fingerprint density at radius 1 is 0.971 bits per heavy atom. The smallest absolute Gasteiger partial charge is 0.130 e. The predicted octanol–water partition coefficient (Wildman–Crippen LogP) is 7.68. The molecule has 0 aliphatic rings. The fourth-order valence-corrected chi connectivity index (χ4v) is 2.36. The highest BCUT2D eigenvalue weighted by Crippen LogP contribution is 2.27. The molecule has 0 aromatic heterocycles. The molecule has 0 fully saturated rings. The first-order valence-corrected chi connectivity index (χ1v) is 11.5. The van der Waals surface area contributed by atoms with Gasteiger partial charge in [0.25, 0.3) is 0 Å². The number of hydrogen-bond donors (Lipinski definition) is 1. The van der Waals surface area contributed by atoms with Gasteiger partial charge in [-0.15, -0.1) is 6.58 Å². The van der Waals surface area contributed by atoms with Gasteiger partial charge in [-0.3, -0.25) is 0 Å². The summed E-state index contributed by atoms with van der Waals surface area (Å²) in [5, 5.41) is 9.06. The van der Waals surface area contributed by atoms with E-state index in [1.165, 1.54) is 12.7 Å². The molecule has 0 aromatic rings. The maximum Gasteiger partial charge on any atom is 0.130 e. The average molecular weight is 473 g/mol. The minimum absolute atomic E-state index is 0.0938. The minimum atomic E-state index is -0.0938. The molecule has 0 rings (SSSR count). The van der Waals surface area contributed by atoms with E-state index in [-0.39, 0.29) is 19.1 Å². The molecule has 0 spiro atoms. The third kappa shape index (κ3) is 17.7. The van der Waals surface area contributed by atoms with E-state index in [0.717, 1.165) is 29.6 Å². The monoisotopic (exact) mass is 472 g/mol. The summed E-state index contributed by atoms with van der Waals surface area (Å²) in [5.74, 6) is 1.72. The number of rotatable bonds is 14. The first-order chi connectivity index (χ1) is 15.9. The highest BCUT2D eigenvalue weighted by atomic mass is 16.5. The lowest BCUT2D eigenvalue weighted by Crippen LogP contribution is -2.04. The van der Waals surface area contributed by atoms with Crippen LogP contribution in [0.3, 0.4) is 0 Å². The molecular weight excluding hydrogens is 424 g/mol. The van der Waals surface area contributed by atoms with E-state index in [1.54, 1.807) is 6.08 Å². The van der Waals surface area contributed by atoms with E-state index < -0.39 is 0 Å². The molecule has 2 unspecified atom stereocenters. The summed E-state index contributed by atoms with van der Waals surface area (Å²) in [5.41, 5.74) is 4.70. The van der Waals surface area contributed by atoms with Crippen molar-refractivity contribution in [3.8, 4) is 0 Å². The summed E-state index contributed by atoms with van der Waals surface area (Å²) in [6.07, 6.45) is 10.1. The van der Waals surface area contributed by atoms with Gasteiger partial charge in [-0.05, 0) is 48.8 Å². The summed E-state index contributed by atoms with van der Waals surface area (Å²) >= 11 is 0. The Balaban J connectivity index is -0.00000144. The molecule has 0 aromatic carbocycles. The lowest BCUT2D eigenvalue weighted by Gasteiger charge is -2.17. The first kappa shape index (κ1) is 35.7. The Labute approximate surface area is 209 Å². The topological polar surface area (TPSA) is 55.8 Å². The Morgan fingerprint density at radius 2 is 1.50 bits per heavy atom. The first-order valence-electron chi connectivity index (χ1n) is 11.5. The molecule has 4 nitrogen and oxygen atoms in total. The molecule has 0 bridgehead atoms. The quantitative estimate of drug-likeness (QED) is 0.160. The predicted molar refractivity (Wildman–Crippen MR) is 148 cm³/mol. The van der Waals surface area contributed by atoms with Crippen molar-refractivity contribution in [1.29, 1.82) is 0 Å². The number of carbonyl (C=O) groups excluding carboxylic acids is 1. The molecule has 0 amide bonds. The van der Waals surface area contributed by atoms with Gasteiger partial charge in [-0.25, -0.2) is 0 Å². The number of allylic oxidation sites excluding steroid dienone is 8. The molecular formula is C30H48O4. The number of hydrogen-bond acceptors (Lipinski definition) is 4. The lowest BCUT2D eigenvalue weighted by molar-refractivity contribution is -0.0980. The van der Waals surface area contributed by atoms with Gasteiger partial charge in [0.2, 0.25) is 0 Å². The summed E-state index contributed by atoms with van der Waals surface area (Å²) in [4.78, 5) is 8.00. The summed E-state index contributed by atoms with van der Waals surface area (Å²) in [6, 6.07) is 0. The van der Waals surface area contributed by atoms with Crippen molar-refractivity contribution < 1.29 is 19.4 Å². The van der Waals surface area contributed by atoms with Gasteiger partial charge in [0, 0.05) is 11.6 Å². The van der Waals surface area contributed by atoms with E-state index in [4.69, 9.17) is 19.4 Å². The number of ether oxygens (including phenoxy) is 2. The van der Waals surface area contributed by atoms with Crippen LogP contribution in [-0.2, 0) is 14.3 Å². The maximum atomic E-state index is 9.06. The highest BCUT2D eigenvalue weighted by molar-refractivity contribution is 5.51. The van der Waals surface area contributed by atoms with E-state index >= 15 is 0 Å². The molecule has 2 atom stereocenters. The van der Waals surface area contributed by atoms with Gasteiger partial charge in [-0.2, -0.15) is 0 Å². The van der Waals surface area contributed by atoms with E-state index in [1.807, 2.05) is 26.7 Å². The zero-order valence-electron chi connectivity index (χ0n) is 22.7. The van der Waals surface area contributed by atoms with Crippen LogP contribution in [0.1, 0.15) is 54.4 Å². The molecule has 4 heteroatoms. The van der Waals surface area contributed by atoms with Crippen LogP contribution in [-0.4, -0.2) is 32.2 Å². The van der Waals surface area contributed by atoms with Gasteiger partial charge in [-0.1, -0.05) is 84.2 Å². The van der Waals surface area contributed by atoms with Gasteiger partial charge in [0.15, 0.2) is 0 Å². The number of aliphatic hydroxyl groups is 1. The van der Waals surface area contributed by atoms with Crippen molar-refractivity contribution >= 4 is 6.79 Å². The van der Waals surface area contributed by atoms with Gasteiger partial charge in [0.1, 0.15) is 24.9 Å². The standard InChI is InChI=1S/C25H38O3.C4H8.CH2O/c1-10-18(3)12-13-19(4)22(7)24(11-2)16-20(5)23(8)25(28-15-14-26)17-21(6)27-9;1-4(2)3;1-2/h12-13,16-19,26H,5-8,10-11,14-15H2,1-4,9H3;1H2,2-3H3;1H2/b13-12-,24-16-,25-17+;;. The van der Waals surface area contributed by atoms with Crippen LogP contribution >= 0.6 is 0 Å². The number of aliphatic hydroxyl groups excluding tert-OH is 1. The molecule has 0 heterocycles. The fourth-order valence-electron chi connectivity index (χ4n) is 2.36. The average Bonchev–Trinajstić information content (AvgIpc) is 2.82. The Bertz CT molecular complexity index is 746. The van der Waals surface area contributed by atoms with Crippen LogP contribution in [0.15, 0.2) is 96.6 Å². The van der Waals surface area contributed by atoms with E-state index in [0.29, 0.717) is 23.0 Å². The van der Waals surface area contributed by atoms with Crippen LogP contribution in [0.25, 0.3) is 0 Å². The van der Waals surface area contributed by atoms with Crippen molar-refractivity contribution in [3.05, 3.63) is 96.6 Å². The van der Waals surface area contributed by atoms with Crippen LogP contribution in [0.5, 0.6) is 0 Å². The lowest BCUT2D eigenvalue weighted by atomic mass is 9.90. The largest absolute Gasteiger partial charge is 0.497 e. The Kier molecular flexibility index (Phi) is 23.1. The van der Waals surface area contributed by atoms with Crippen molar-refractivity contribution in [2.75, 3.05) is 20.3 Å². The van der Waals surface area contributed by atoms with Crippen LogP contribution in [0.2, 0.25) is 0 Å². The molecule has 192 valence electrons. The zero-order valence-corrected chi connectivity index (χ0v) is 22.7. The second-order valence-electron chi connectivity index (χ2n) is 8.07. The van der Waals surface area contributed by atoms with Crippen LogP contribution in [0.4, 0.5) is 0 Å². The highest BCUT2D eigenvalue weighted by Gasteiger charge is 2.12. The van der Waals surface area contributed by atoms with Crippen molar-refractivity contribution in [1.82, 2.24) is 0 Å². The van der Waals surface area contributed by atoms with Crippen LogP contribution < -0.4 is 0 Å². The maximum absolute atomic E-state index is 9.06. The third-order valence-corrected chi connectivity index (χ3v) is 4.65. The molecule has 1 N–H and O–H groups in total. The minimum Gasteiger partial charge on any atom is -0.497 e. The number of methoxy groups -OCH3 is 1. The molecule has 0 aliphatic carbocycles. The van der Waals surface area contributed by atoms with Crippen molar-refractivity contribution in [2.24, 2.45) is 11.8 Å². The van der Waals surface area contributed by atoms with Gasteiger partial charge < -0.3 is 19.4 Å². The Hall–Kier alpha value is -2.85. The van der Waals surface area contributed by atoms with Crippen molar-refractivity contribution in [2.45, 2.75) is 54.4 Å². The van der Waals surface area contributed by atoms with Crippen LogP contribution in [0, 0.1) is 11.8 Å². The molecule has 34 heavy (non-hydrogen) atoms. The van der Waals surface area contributed by atoms with Crippen molar-refractivity contribution in [3.63, 3.8) is 0 Å². The second kappa shape index (κ2) is 22.0. The summed E-state index contributed by atoms with van der Waals surface area (Å²) in [7, 11) is 1.54.